The van der Waals surface area contributed by atoms with Crippen molar-refractivity contribution in [1.82, 2.24) is 14.2 Å². The van der Waals surface area contributed by atoms with Crippen molar-refractivity contribution < 1.29 is 13.2 Å². The van der Waals surface area contributed by atoms with Crippen molar-refractivity contribution in [2.45, 2.75) is 4.90 Å². The summed E-state index contributed by atoms with van der Waals surface area (Å²) >= 11 is 11.4. The maximum atomic E-state index is 12.3. The van der Waals surface area contributed by atoms with Gasteiger partial charge in [0.15, 0.2) is 0 Å². The highest BCUT2D eigenvalue weighted by molar-refractivity contribution is 7.89. The van der Waals surface area contributed by atoms with Gasteiger partial charge >= 0.3 is 0 Å². The minimum atomic E-state index is -3.78. The number of pyridine rings is 1. The van der Waals surface area contributed by atoms with E-state index in [0.717, 1.165) is 10.5 Å². The number of amides is 1. The van der Waals surface area contributed by atoms with Gasteiger partial charge in [-0.05, 0) is 6.07 Å². The van der Waals surface area contributed by atoms with Crippen LogP contribution in [0.1, 0.15) is 0 Å². The van der Waals surface area contributed by atoms with Gasteiger partial charge in [0.05, 0.1) is 11.6 Å². The van der Waals surface area contributed by atoms with Gasteiger partial charge < -0.3 is 4.90 Å². The zero-order valence-corrected chi connectivity index (χ0v) is 12.3. The molecule has 19 heavy (non-hydrogen) atoms. The van der Waals surface area contributed by atoms with Gasteiger partial charge in [0.25, 0.3) is 0 Å². The first-order valence-electron chi connectivity index (χ1n) is 5.37. The van der Waals surface area contributed by atoms with Crippen molar-refractivity contribution in [2.24, 2.45) is 0 Å². The Bertz CT molecular complexity index is 620. The van der Waals surface area contributed by atoms with Crippen LogP contribution in [0.3, 0.4) is 0 Å². The second-order valence-corrected chi connectivity index (χ2v) is 6.80. The highest BCUT2D eigenvalue weighted by atomic mass is 35.5. The minimum Gasteiger partial charge on any atom is -0.343 e. The Morgan fingerprint density at radius 2 is 2.00 bits per heavy atom. The van der Waals surface area contributed by atoms with Crippen molar-refractivity contribution in [3.8, 4) is 0 Å². The maximum Gasteiger partial charge on any atom is 0.245 e. The molecule has 1 aromatic heterocycles. The van der Waals surface area contributed by atoms with Gasteiger partial charge in [-0.3, -0.25) is 4.79 Å². The van der Waals surface area contributed by atoms with Crippen LogP contribution in [-0.2, 0) is 14.8 Å². The lowest BCUT2D eigenvalue weighted by molar-refractivity contribution is -0.132. The summed E-state index contributed by atoms with van der Waals surface area (Å²) in [6.07, 6.45) is 1.13. The fraction of sp³-hybridized carbons (Fsp3) is 0.400. The number of halogens is 2. The molecule has 2 heterocycles. The van der Waals surface area contributed by atoms with E-state index in [0.29, 0.717) is 6.54 Å². The van der Waals surface area contributed by atoms with Crippen LogP contribution in [0.2, 0.25) is 10.2 Å². The molecule has 0 aromatic carbocycles. The van der Waals surface area contributed by atoms with Crippen LogP contribution in [0.4, 0.5) is 0 Å². The van der Waals surface area contributed by atoms with Crippen LogP contribution in [-0.4, -0.2) is 55.2 Å². The molecule has 0 saturated carbocycles. The molecule has 104 valence electrons. The predicted octanol–water partition coefficient (Wildman–Crippen LogP) is 0.851. The second kappa shape index (κ2) is 5.24. The van der Waals surface area contributed by atoms with Crippen molar-refractivity contribution >= 4 is 39.1 Å². The Kier molecular flexibility index (Phi) is 4.00. The summed E-state index contributed by atoms with van der Waals surface area (Å²) in [7, 11) is -2.15. The van der Waals surface area contributed by atoms with Crippen LogP contribution in [0.5, 0.6) is 0 Å². The largest absolute Gasteiger partial charge is 0.343 e. The smallest absolute Gasteiger partial charge is 0.245 e. The van der Waals surface area contributed by atoms with E-state index in [-0.39, 0.29) is 34.1 Å². The summed E-state index contributed by atoms with van der Waals surface area (Å²) in [6.45, 7) is 0.413. The van der Waals surface area contributed by atoms with Crippen LogP contribution < -0.4 is 0 Å². The SMILES string of the molecule is CN1CCN(S(=O)(=O)c2cnc(Cl)c(Cl)c2)CC1=O. The Balaban J connectivity index is 2.32. The number of sulfonamides is 1. The highest BCUT2D eigenvalue weighted by Gasteiger charge is 2.31. The summed E-state index contributed by atoms with van der Waals surface area (Å²) in [5, 5.41) is 0.0956. The summed E-state index contributed by atoms with van der Waals surface area (Å²) < 4.78 is 25.7. The fourth-order valence-electron chi connectivity index (χ4n) is 1.64. The van der Waals surface area contributed by atoms with Gasteiger partial charge in [0.1, 0.15) is 10.0 Å². The zero-order chi connectivity index (χ0) is 14.2. The lowest BCUT2D eigenvalue weighted by Crippen LogP contribution is -2.50. The van der Waals surface area contributed by atoms with E-state index in [2.05, 4.69) is 4.98 Å². The summed E-state index contributed by atoms with van der Waals surface area (Å²) in [5.74, 6) is -0.247. The number of hydrogen-bond donors (Lipinski definition) is 0. The molecule has 0 unspecified atom stereocenters. The topological polar surface area (TPSA) is 70.6 Å². The van der Waals surface area contributed by atoms with Gasteiger partial charge in [-0.2, -0.15) is 4.31 Å². The number of carbonyl (C=O) groups excluding carboxylic acids is 1. The lowest BCUT2D eigenvalue weighted by Gasteiger charge is -2.31. The number of piperazine rings is 1. The van der Waals surface area contributed by atoms with E-state index in [4.69, 9.17) is 23.2 Å². The summed E-state index contributed by atoms with van der Waals surface area (Å²) in [5.41, 5.74) is 0. The molecule has 1 aliphatic heterocycles. The van der Waals surface area contributed by atoms with Crippen LogP contribution in [0.25, 0.3) is 0 Å². The third-order valence-corrected chi connectivity index (χ3v) is 5.33. The first-order chi connectivity index (χ1) is 8.82. The van der Waals surface area contributed by atoms with E-state index in [1.54, 1.807) is 7.05 Å². The Morgan fingerprint density at radius 3 is 2.58 bits per heavy atom. The van der Waals surface area contributed by atoms with Gasteiger partial charge in [-0.25, -0.2) is 13.4 Å². The van der Waals surface area contributed by atoms with E-state index in [1.165, 1.54) is 11.0 Å². The van der Waals surface area contributed by atoms with E-state index >= 15 is 0 Å². The zero-order valence-electron chi connectivity index (χ0n) is 10.0. The van der Waals surface area contributed by atoms with Crippen molar-refractivity contribution in [1.29, 1.82) is 0 Å². The van der Waals surface area contributed by atoms with Gasteiger partial charge in [0.2, 0.25) is 15.9 Å². The lowest BCUT2D eigenvalue weighted by atomic mass is 10.4. The molecule has 1 aromatic rings. The Labute approximate surface area is 121 Å². The predicted molar refractivity (Wildman–Crippen MR) is 70.7 cm³/mol. The monoisotopic (exact) mass is 323 g/mol. The quantitative estimate of drug-likeness (QED) is 0.756. The molecule has 0 aliphatic carbocycles. The maximum absolute atomic E-state index is 12.3. The molecule has 1 fully saturated rings. The molecule has 0 N–H and O–H groups in total. The van der Waals surface area contributed by atoms with E-state index in [9.17, 15) is 13.2 Å². The molecule has 1 amide bonds. The molecule has 6 nitrogen and oxygen atoms in total. The number of nitrogens with zero attached hydrogens (tertiary/aromatic N) is 3. The second-order valence-electron chi connectivity index (χ2n) is 4.10. The Hall–Kier alpha value is -0.890. The molecule has 0 radical (unpaired) electrons. The van der Waals surface area contributed by atoms with Crippen LogP contribution in [0, 0.1) is 0 Å². The van der Waals surface area contributed by atoms with Crippen molar-refractivity contribution in [3.05, 3.63) is 22.4 Å². The summed E-state index contributed by atoms with van der Waals surface area (Å²) in [6, 6.07) is 1.23. The molecular weight excluding hydrogens is 313 g/mol. The first kappa shape index (κ1) is 14.5. The standard InChI is InChI=1S/C10H11Cl2N3O3S/c1-14-2-3-15(6-9(14)16)19(17,18)7-4-8(11)10(12)13-5-7/h4-5H,2-3,6H2,1H3. The average molecular weight is 324 g/mol. The fourth-order valence-corrected chi connectivity index (χ4v) is 3.32. The normalized spacial score (nSPS) is 17.8. The third kappa shape index (κ3) is 2.84. The van der Waals surface area contributed by atoms with Crippen LogP contribution in [0.15, 0.2) is 17.2 Å². The third-order valence-electron chi connectivity index (χ3n) is 2.83. The molecule has 9 heteroatoms. The number of aromatic nitrogens is 1. The number of hydrogen-bond acceptors (Lipinski definition) is 4. The summed E-state index contributed by atoms with van der Waals surface area (Å²) in [4.78, 5) is 16.7. The molecule has 0 spiro atoms. The minimum absolute atomic E-state index is 0.0371. The molecule has 0 bridgehead atoms. The molecule has 0 atom stereocenters. The molecular formula is C10H11Cl2N3O3S. The van der Waals surface area contributed by atoms with Crippen molar-refractivity contribution in [3.63, 3.8) is 0 Å². The van der Waals surface area contributed by atoms with E-state index in [1.807, 2.05) is 0 Å². The first-order valence-corrected chi connectivity index (χ1v) is 7.57. The number of rotatable bonds is 2. The number of likely N-dealkylation sites (N-methyl/N-ethyl adjacent to an activating group) is 1. The van der Waals surface area contributed by atoms with Gasteiger partial charge in [-0.1, -0.05) is 23.2 Å². The van der Waals surface area contributed by atoms with Crippen molar-refractivity contribution in [2.75, 3.05) is 26.7 Å². The average Bonchev–Trinajstić information content (AvgIpc) is 2.35. The number of carbonyl (C=O) groups is 1. The molecule has 2 rings (SSSR count). The Morgan fingerprint density at radius 1 is 1.32 bits per heavy atom. The van der Waals surface area contributed by atoms with Gasteiger partial charge in [-0.15, -0.1) is 0 Å². The van der Waals surface area contributed by atoms with Crippen LogP contribution >= 0.6 is 23.2 Å². The van der Waals surface area contributed by atoms with Gasteiger partial charge in [0, 0.05) is 26.3 Å². The molecule has 1 saturated heterocycles. The molecule has 1 aliphatic rings. The highest BCUT2D eigenvalue weighted by Crippen LogP contribution is 2.24. The van der Waals surface area contributed by atoms with E-state index < -0.39 is 10.0 Å².